The molecule has 2 aromatic rings. The Hall–Kier alpha value is -1.56. The summed E-state index contributed by atoms with van der Waals surface area (Å²) < 4.78 is 44.2. The minimum Gasteiger partial charge on any atom is -0.377 e. The first-order valence-electron chi connectivity index (χ1n) is 4.95. The van der Waals surface area contributed by atoms with Crippen molar-refractivity contribution in [2.75, 3.05) is 7.11 Å². The van der Waals surface area contributed by atoms with Gasteiger partial charge in [-0.1, -0.05) is 0 Å². The molecule has 6 heteroatoms. The number of halogens is 3. The van der Waals surface area contributed by atoms with Crippen LogP contribution in [-0.4, -0.2) is 16.7 Å². The first-order chi connectivity index (χ1) is 7.93. The molecule has 0 N–H and O–H groups in total. The highest BCUT2D eigenvalue weighted by molar-refractivity contribution is 5.77. The van der Waals surface area contributed by atoms with E-state index in [4.69, 9.17) is 4.74 Å². The first-order valence-corrected chi connectivity index (χ1v) is 4.95. The van der Waals surface area contributed by atoms with Crippen LogP contribution in [0.15, 0.2) is 18.2 Å². The van der Waals surface area contributed by atoms with E-state index in [9.17, 15) is 13.2 Å². The summed E-state index contributed by atoms with van der Waals surface area (Å²) in [5.41, 5.74) is 0.298. The quantitative estimate of drug-likeness (QED) is 0.812. The summed E-state index contributed by atoms with van der Waals surface area (Å²) in [5, 5.41) is 0. The molecule has 0 amide bonds. The predicted molar refractivity (Wildman–Crippen MR) is 56.4 cm³/mol. The molecule has 17 heavy (non-hydrogen) atoms. The van der Waals surface area contributed by atoms with Gasteiger partial charge in [0.05, 0.1) is 16.6 Å². The van der Waals surface area contributed by atoms with Crippen molar-refractivity contribution in [2.45, 2.75) is 12.8 Å². The molecule has 1 aromatic heterocycles. The van der Waals surface area contributed by atoms with Gasteiger partial charge in [-0.2, -0.15) is 13.2 Å². The Balaban J connectivity index is 2.56. The second-order valence-corrected chi connectivity index (χ2v) is 3.72. The summed E-state index contributed by atoms with van der Waals surface area (Å²) >= 11 is 0. The average molecular weight is 244 g/mol. The highest BCUT2D eigenvalue weighted by Gasteiger charge is 2.30. The van der Waals surface area contributed by atoms with Crippen LogP contribution in [0.3, 0.4) is 0 Å². The van der Waals surface area contributed by atoms with Crippen LogP contribution >= 0.6 is 0 Å². The molecule has 92 valence electrons. The monoisotopic (exact) mass is 244 g/mol. The smallest absolute Gasteiger partial charge is 0.377 e. The number of fused-ring (bicyclic) bond motifs is 1. The fraction of sp³-hybridized carbons (Fsp3) is 0.364. The van der Waals surface area contributed by atoms with Gasteiger partial charge in [0, 0.05) is 14.2 Å². The lowest BCUT2D eigenvalue weighted by Crippen LogP contribution is -2.04. The van der Waals surface area contributed by atoms with E-state index >= 15 is 0 Å². The highest BCUT2D eigenvalue weighted by Crippen LogP contribution is 2.31. The fourth-order valence-electron chi connectivity index (χ4n) is 1.68. The van der Waals surface area contributed by atoms with E-state index in [1.807, 2.05) is 0 Å². The molecule has 0 bridgehead atoms. The van der Waals surface area contributed by atoms with Gasteiger partial charge in [-0.3, -0.25) is 0 Å². The highest BCUT2D eigenvalue weighted by atomic mass is 19.4. The van der Waals surface area contributed by atoms with Crippen molar-refractivity contribution in [2.24, 2.45) is 7.05 Å². The second-order valence-electron chi connectivity index (χ2n) is 3.72. The van der Waals surface area contributed by atoms with Crippen molar-refractivity contribution in [3.8, 4) is 0 Å². The van der Waals surface area contributed by atoms with Gasteiger partial charge < -0.3 is 9.30 Å². The number of aryl methyl sites for hydroxylation is 1. The van der Waals surface area contributed by atoms with Gasteiger partial charge in [0.1, 0.15) is 12.4 Å². The number of imidazole rings is 1. The lowest BCUT2D eigenvalue weighted by Gasteiger charge is -2.05. The molecule has 0 radical (unpaired) electrons. The van der Waals surface area contributed by atoms with E-state index in [2.05, 4.69) is 4.98 Å². The Morgan fingerprint density at radius 3 is 2.65 bits per heavy atom. The minimum atomic E-state index is -4.34. The summed E-state index contributed by atoms with van der Waals surface area (Å²) in [6, 6.07) is 3.53. The largest absolute Gasteiger partial charge is 0.416 e. The molecule has 1 heterocycles. The summed E-state index contributed by atoms with van der Waals surface area (Å²) in [6.45, 7) is 0.270. The van der Waals surface area contributed by atoms with E-state index in [-0.39, 0.29) is 6.61 Å². The third-order valence-electron chi connectivity index (χ3n) is 2.57. The van der Waals surface area contributed by atoms with Crippen LogP contribution in [0.2, 0.25) is 0 Å². The second kappa shape index (κ2) is 4.03. The Morgan fingerprint density at radius 2 is 2.06 bits per heavy atom. The number of benzene rings is 1. The Morgan fingerprint density at radius 1 is 1.35 bits per heavy atom. The van der Waals surface area contributed by atoms with Crippen molar-refractivity contribution < 1.29 is 17.9 Å². The maximum Gasteiger partial charge on any atom is 0.416 e. The zero-order chi connectivity index (χ0) is 12.6. The summed E-state index contributed by atoms with van der Waals surface area (Å²) in [5.74, 6) is 0.599. The molecule has 0 atom stereocenters. The predicted octanol–water partition coefficient (Wildman–Crippen LogP) is 2.74. The maximum atomic E-state index is 12.5. The SMILES string of the molecule is COCc1nc2cc(C(F)(F)F)ccc2n1C. The third-order valence-corrected chi connectivity index (χ3v) is 2.57. The number of nitrogens with zero attached hydrogens (tertiary/aromatic N) is 2. The molecule has 0 saturated heterocycles. The minimum absolute atomic E-state index is 0.270. The zero-order valence-electron chi connectivity index (χ0n) is 9.38. The van der Waals surface area contributed by atoms with E-state index in [1.165, 1.54) is 13.2 Å². The van der Waals surface area contributed by atoms with Crippen LogP contribution in [0.1, 0.15) is 11.4 Å². The molecule has 3 nitrogen and oxygen atoms in total. The Kier molecular flexibility index (Phi) is 2.82. The molecule has 0 unspecified atom stereocenters. The molecule has 0 saturated carbocycles. The molecule has 0 aliphatic rings. The van der Waals surface area contributed by atoms with Gasteiger partial charge in [-0.05, 0) is 18.2 Å². The summed E-state index contributed by atoms with van der Waals surface area (Å²) in [6.07, 6.45) is -4.34. The lowest BCUT2D eigenvalue weighted by molar-refractivity contribution is -0.137. The molecular formula is C11H11F3N2O. The Labute approximate surface area is 95.8 Å². The van der Waals surface area contributed by atoms with Gasteiger partial charge in [0.2, 0.25) is 0 Å². The fourth-order valence-corrected chi connectivity index (χ4v) is 1.68. The van der Waals surface area contributed by atoms with Crippen LogP contribution in [0.4, 0.5) is 13.2 Å². The lowest BCUT2D eigenvalue weighted by atomic mass is 10.2. The normalized spacial score (nSPS) is 12.3. The van der Waals surface area contributed by atoms with Crippen molar-refractivity contribution >= 4 is 11.0 Å². The molecule has 0 aliphatic heterocycles. The van der Waals surface area contributed by atoms with Crippen LogP contribution < -0.4 is 0 Å². The van der Waals surface area contributed by atoms with E-state index in [0.717, 1.165) is 12.1 Å². The summed E-state index contributed by atoms with van der Waals surface area (Å²) in [7, 11) is 3.26. The molecular weight excluding hydrogens is 233 g/mol. The number of hydrogen-bond donors (Lipinski definition) is 0. The Bertz CT molecular complexity index is 545. The first kappa shape index (κ1) is 11.9. The summed E-state index contributed by atoms with van der Waals surface area (Å²) in [4.78, 5) is 4.11. The molecule has 0 fully saturated rings. The number of hydrogen-bond acceptors (Lipinski definition) is 2. The zero-order valence-corrected chi connectivity index (χ0v) is 9.38. The number of methoxy groups -OCH3 is 1. The topological polar surface area (TPSA) is 27.1 Å². The van der Waals surface area contributed by atoms with Crippen molar-refractivity contribution in [1.82, 2.24) is 9.55 Å². The molecule has 2 rings (SSSR count). The van der Waals surface area contributed by atoms with Gasteiger partial charge in [-0.15, -0.1) is 0 Å². The van der Waals surface area contributed by atoms with Crippen LogP contribution in [0.5, 0.6) is 0 Å². The van der Waals surface area contributed by atoms with E-state index in [1.54, 1.807) is 11.6 Å². The maximum absolute atomic E-state index is 12.5. The molecule has 0 aliphatic carbocycles. The third kappa shape index (κ3) is 2.12. The van der Waals surface area contributed by atoms with Crippen LogP contribution in [0.25, 0.3) is 11.0 Å². The van der Waals surface area contributed by atoms with Crippen molar-refractivity contribution in [3.63, 3.8) is 0 Å². The van der Waals surface area contributed by atoms with Crippen LogP contribution in [-0.2, 0) is 24.6 Å². The van der Waals surface area contributed by atoms with E-state index in [0.29, 0.717) is 16.9 Å². The number of aromatic nitrogens is 2. The number of rotatable bonds is 2. The number of ether oxygens (including phenoxy) is 1. The van der Waals surface area contributed by atoms with Crippen molar-refractivity contribution in [3.05, 3.63) is 29.6 Å². The molecule has 0 spiro atoms. The van der Waals surface area contributed by atoms with Gasteiger partial charge in [-0.25, -0.2) is 4.98 Å². The average Bonchev–Trinajstić information content (AvgIpc) is 2.55. The van der Waals surface area contributed by atoms with Crippen molar-refractivity contribution in [1.29, 1.82) is 0 Å². The van der Waals surface area contributed by atoms with Gasteiger partial charge in [0.15, 0.2) is 0 Å². The van der Waals surface area contributed by atoms with Gasteiger partial charge >= 0.3 is 6.18 Å². The standard InChI is InChI=1S/C11H11F3N2O/c1-16-9-4-3-7(11(12,13)14)5-8(9)15-10(16)6-17-2/h3-5H,6H2,1-2H3. The molecule has 1 aromatic carbocycles. The van der Waals surface area contributed by atoms with Crippen LogP contribution in [0, 0.1) is 0 Å². The van der Waals surface area contributed by atoms with E-state index < -0.39 is 11.7 Å². The van der Waals surface area contributed by atoms with Gasteiger partial charge in [0.25, 0.3) is 0 Å². The number of alkyl halides is 3.